The van der Waals surface area contributed by atoms with Crippen molar-refractivity contribution in [3.8, 4) is 0 Å². The smallest absolute Gasteiger partial charge is 0.0330 e. The molecule has 0 amide bonds. The van der Waals surface area contributed by atoms with Crippen LogP contribution in [0.2, 0.25) is 0 Å². The maximum Gasteiger partial charge on any atom is 0.0330 e. The van der Waals surface area contributed by atoms with E-state index in [4.69, 9.17) is 0 Å². The molecule has 0 aliphatic rings. The van der Waals surface area contributed by atoms with Crippen LogP contribution in [0, 0.1) is 0 Å². The van der Waals surface area contributed by atoms with Crippen molar-refractivity contribution in [1.82, 2.24) is 4.90 Å². The maximum absolute atomic E-state index is 4.48. The summed E-state index contributed by atoms with van der Waals surface area (Å²) in [6.45, 7) is 8.80. The zero-order valence-electron chi connectivity index (χ0n) is 9.20. The van der Waals surface area contributed by atoms with Gasteiger partial charge < -0.3 is 0 Å². The van der Waals surface area contributed by atoms with Crippen molar-refractivity contribution >= 4 is 12.6 Å². The summed E-state index contributed by atoms with van der Waals surface area (Å²) in [5.41, 5.74) is 1.32. The minimum atomic E-state index is 0.457. The molecular formula is C12H19NS. The Balaban J connectivity index is 2.88. The van der Waals surface area contributed by atoms with Crippen molar-refractivity contribution in [3.63, 3.8) is 0 Å². The van der Waals surface area contributed by atoms with Gasteiger partial charge in [0.05, 0.1) is 0 Å². The third-order valence-corrected chi connectivity index (χ3v) is 3.15. The van der Waals surface area contributed by atoms with E-state index >= 15 is 0 Å². The van der Waals surface area contributed by atoms with Crippen LogP contribution in [0.1, 0.15) is 32.4 Å². The summed E-state index contributed by atoms with van der Waals surface area (Å²) in [6, 6.07) is 8.78. The molecule has 0 radical (unpaired) electrons. The first-order valence-corrected chi connectivity index (χ1v) is 5.67. The molecule has 1 unspecified atom stereocenters. The van der Waals surface area contributed by atoms with E-state index in [0.717, 1.165) is 18.0 Å². The fourth-order valence-corrected chi connectivity index (χ4v) is 2.16. The van der Waals surface area contributed by atoms with E-state index in [0.29, 0.717) is 6.04 Å². The molecule has 0 spiro atoms. The predicted octanol–water partition coefficient (Wildman–Crippen LogP) is 3.38. The first-order valence-electron chi connectivity index (χ1n) is 5.22. The number of rotatable bonds is 4. The van der Waals surface area contributed by atoms with Gasteiger partial charge in [-0.3, -0.25) is 4.90 Å². The van der Waals surface area contributed by atoms with E-state index in [2.05, 4.69) is 56.5 Å². The Hall–Kier alpha value is -0.470. The van der Waals surface area contributed by atoms with Gasteiger partial charge in [-0.2, -0.15) is 0 Å². The van der Waals surface area contributed by atoms with Crippen LogP contribution in [-0.2, 0) is 0 Å². The van der Waals surface area contributed by atoms with Gasteiger partial charge in [0.1, 0.15) is 0 Å². The van der Waals surface area contributed by atoms with Crippen molar-refractivity contribution < 1.29 is 0 Å². The molecule has 0 N–H and O–H groups in total. The number of thiol groups is 1. The second-order valence-electron chi connectivity index (χ2n) is 3.46. The lowest BCUT2D eigenvalue weighted by molar-refractivity contribution is 0.232. The monoisotopic (exact) mass is 209 g/mol. The van der Waals surface area contributed by atoms with Crippen LogP contribution < -0.4 is 0 Å². The predicted molar refractivity (Wildman–Crippen MR) is 65.0 cm³/mol. The topological polar surface area (TPSA) is 3.24 Å². The number of benzene rings is 1. The van der Waals surface area contributed by atoms with Gasteiger partial charge in [-0.1, -0.05) is 32.0 Å². The Morgan fingerprint density at radius 2 is 1.79 bits per heavy atom. The van der Waals surface area contributed by atoms with E-state index in [1.54, 1.807) is 0 Å². The molecule has 1 atom stereocenters. The Bertz CT molecular complexity index is 281. The van der Waals surface area contributed by atoms with Gasteiger partial charge in [-0.05, 0) is 31.6 Å². The van der Waals surface area contributed by atoms with Crippen LogP contribution in [0.3, 0.4) is 0 Å². The van der Waals surface area contributed by atoms with Crippen molar-refractivity contribution in [2.45, 2.75) is 31.7 Å². The molecule has 0 bridgehead atoms. The standard InChI is InChI=1S/C12H19NS/c1-4-13(5-2)10(3)11-8-6-7-9-12(11)14/h6-10,14H,4-5H2,1-3H3. The summed E-state index contributed by atoms with van der Waals surface area (Å²) < 4.78 is 0. The van der Waals surface area contributed by atoms with Gasteiger partial charge in [-0.25, -0.2) is 0 Å². The van der Waals surface area contributed by atoms with Crippen LogP contribution in [0.25, 0.3) is 0 Å². The van der Waals surface area contributed by atoms with Crippen LogP contribution in [0.5, 0.6) is 0 Å². The van der Waals surface area contributed by atoms with Crippen molar-refractivity contribution in [2.24, 2.45) is 0 Å². The SMILES string of the molecule is CCN(CC)C(C)c1ccccc1S. The van der Waals surface area contributed by atoms with Gasteiger partial charge in [0, 0.05) is 10.9 Å². The first-order chi connectivity index (χ1) is 6.70. The molecule has 14 heavy (non-hydrogen) atoms. The molecule has 0 saturated heterocycles. The van der Waals surface area contributed by atoms with Gasteiger partial charge in [0.15, 0.2) is 0 Å². The Kier molecular flexibility index (Phi) is 4.49. The quantitative estimate of drug-likeness (QED) is 0.744. The van der Waals surface area contributed by atoms with Crippen LogP contribution in [0.4, 0.5) is 0 Å². The van der Waals surface area contributed by atoms with Gasteiger partial charge in [0.2, 0.25) is 0 Å². The highest BCUT2D eigenvalue weighted by molar-refractivity contribution is 7.80. The second kappa shape index (κ2) is 5.42. The molecule has 0 fully saturated rings. The molecule has 0 aromatic heterocycles. The van der Waals surface area contributed by atoms with E-state index in [1.165, 1.54) is 5.56 Å². The highest BCUT2D eigenvalue weighted by atomic mass is 32.1. The van der Waals surface area contributed by atoms with Crippen molar-refractivity contribution in [3.05, 3.63) is 29.8 Å². The van der Waals surface area contributed by atoms with Gasteiger partial charge in [0.25, 0.3) is 0 Å². The van der Waals surface area contributed by atoms with Crippen molar-refractivity contribution in [1.29, 1.82) is 0 Å². The molecule has 1 aromatic carbocycles. The Morgan fingerprint density at radius 1 is 1.21 bits per heavy atom. The van der Waals surface area contributed by atoms with E-state index < -0.39 is 0 Å². The number of hydrogen-bond acceptors (Lipinski definition) is 2. The molecule has 2 heteroatoms. The maximum atomic E-state index is 4.48. The zero-order chi connectivity index (χ0) is 10.6. The van der Waals surface area contributed by atoms with Crippen molar-refractivity contribution in [2.75, 3.05) is 13.1 Å². The summed E-state index contributed by atoms with van der Waals surface area (Å²) in [6.07, 6.45) is 0. The summed E-state index contributed by atoms with van der Waals surface area (Å²) in [4.78, 5) is 3.52. The highest BCUT2D eigenvalue weighted by Crippen LogP contribution is 2.25. The third kappa shape index (κ3) is 2.52. The van der Waals surface area contributed by atoms with E-state index in [1.807, 2.05) is 6.07 Å². The molecule has 1 rings (SSSR count). The summed E-state index contributed by atoms with van der Waals surface area (Å²) >= 11 is 4.48. The third-order valence-electron chi connectivity index (χ3n) is 2.75. The summed E-state index contributed by atoms with van der Waals surface area (Å²) in [5.74, 6) is 0. The molecule has 0 saturated carbocycles. The average Bonchev–Trinajstić information content (AvgIpc) is 2.20. The molecule has 1 aromatic rings. The Morgan fingerprint density at radius 3 is 2.29 bits per heavy atom. The Labute approximate surface area is 92.5 Å². The molecule has 78 valence electrons. The summed E-state index contributed by atoms with van der Waals surface area (Å²) in [5, 5.41) is 0. The van der Waals surface area contributed by atoms with E-state index in [-0.39, 0.29) is 0 Å². The molecular weight excluding hydrogens is 190 g/mol. The number of nitrogens with zero attached hydrogens (tertiary/aromatic N) is 1. The lowest BCUT2D eigenvalue weighted by Crippen LogP contribution is -2.26. The minimum Gasteiger partial charge on any atom is -0.297 e. The summed E-state index contributed by atoms with van der Waals surface area (Å²) in [7, 11) is 0. The number of hydrogen-bond donors (Lipinski definition) is 1. The highest BCUT2D eigenvalue weighted by Gasteiger charge is 2.13. The molecule has 0 heterocycles. The lowest BCUT2D eigenvalue weighted by Gasteiger charge is -2.27. The van der Waals surface area contributed by atoms with Gasteiger partial charge in [-0.15, -0.1) is 12.6 Å². The molecule has 1 nitrogen and oxygen atoms in total. The normalized spacial score (nSPS) is 13.2. The van der Waals surface area contributed by atoms with Crippen LogP contribution in [-0.4, -0.2) is 18.0 Å². The first kappa shape index (κ1) is 11.6. The fourth-order valence-electron chi connectivity index (χ4n) is 1.81. The van der Waals surface area contributed by atoms with Gasteiger partial charge >= 0.3 is 0 Å². The lowest BCUT2D eigenvalue weighted by atomic mass is 10.1. The largest absolute Gasteiger partial charge is 0.297 e. The second-order valence-corrected chi connectivity index (χ2v) is 3.94. The molecule has 0 aliphatic carbocycles. The molecule has 0 aliphatic heterocycles. The van der Waals surface area contributed by atoms with E-state index in [9.17, 15) is 0 Å². The minimum absolute atomic E-state index is 0.457. The fraction of sp³-hybridized carbons (Fsp3) is 0.500. The average molecular weight is 209 g/mol. The van der Waals surface area contributed by atoms with Crippen LogP contribution >= 0.6 is 12.6 Å². The zero-order valence-corrected chi connectivity index (χ0v) is 10.1. The van der Waals surface area contributed by atoms with Crippen LogP contribution in [0.15, 0.2) is 29.2 Å².